The summed E-state index contributed by atoms with van der Waals surface area (Å²) in [5.74, 6) is -0.419. The second-order valence-corrected chi connectivity index (χ2v) is 9.38. The SMILES string of the molecule is CS(=O)(=O)c1ccc(-c2cnn(-c3ccc(F)cc3)c(=O)c2-c2ccc(Cl)cc2)cc1. The second kappa shape index (κ2) is 8.09. The first-order valence-corrected chi connectivity index (χ1v) is 11.5. The molecule has 4 aromatic rings. The predicted molar refractivity (Wildman–Crippen MR) is 119 cm³/mol. The van der Waals surface area contributed by atoms with Crippen molar-refractivity contribution in [2.75, 3.05) is 6.26 Å². The van der Waals surface area contributed by atoms with E-state index in [9.17, 15) is 17.6 Å². The monoisotopic (exact) mass is 454 g/mol. The molecule has 5 nitrogen and oxygen atoms in total. The molecule has 0 saturated heterocycles. The molecule has 0 aliphatic heterocycles. The summed E-state index contributed by atoms with van der Waals surface area (Å²) in [7, 11) is -3.35. The van der Waals surface area contributed by atoms with E-state index in [1.807, 2.05) is 0 Å². The first-order valence-electron chi connectivity index (χ1n) is 9.19. The predicted octanol–water partition coefficient (Wildman–Crippen LogP) is 4.76. The van der Waals surface area contributed by atoms with Gasteiger partial charge in [-0.2, -0.15) is 9.78 Å². The van der Waals surface area contributed by atoms with E-state index in [0.717, 1.165) is 6.26 Å². The van der Waals surface area contributed by atoms with E-state index in [2.05, 4.69) is 5.10 Å². The molecule has 0 unspecified atom stereocenters. The molecule has 0 saturated carbocycles. The topological polar surface area (TPSA) is 69.0 Å². The second-order valence-electron chi connectivity index (χ2n) is 6.93. The highest BCUT2D eigenvalue weighted by Crippen LogP contribution is 2.30. The highest BCUT2D eigenvalue weighted by Gasteiger charge is 2.17. The lowest BCUT2D eigenvalue weighted by molar-refractivity contribution is 0.602. The fraction of sp³-hybridized carbons (Fsp3) is 0.0435. The molecule has 0 aliphatic carbocycles. The first kappa shape index (κ1) is 21.0. The fourth-order valence-corrected chi connectivity index (χ4v) is 3.97. The van der Waals surface area contributed by atoms with E-state index in [1.54, 1.807) is 36.4 Å². The van der Waals surface area contributed by atoms with Gasteiger partial charge in [0, 0.05) is 16.8 Å². The molecule has 1 heterocycles. The van der Waals surface area contributed by atoms with Crippen LogP contribution in [0.5, 0.6) is 0 Å². The van der Waals surface area contributed by atoms with Crippen LogP contribution in [0.1, 0.15) is 0 Å². The Labute approximate surface area is 183 Å². The van der Waals surface area contributed by atoms with Crippen LogP contribution in [0.25, 0.3) is 27.9 Å². The molecule has 0 bridgehead atoms. The van der Waals surface area contributed by atoms with Gasteiger partial charge < -0.3 is 0 Å². The van der Waals surface area contributed by atoms with E-state index in [1.165, 1.54) is 47.3 Å². The van der Waals surface area contributed by atoms with E-state index in [4.69, 9.17) is 11.6 Å². The highest BCUT2D eigenvalue weighted by molar-refractivity contribution is 7.90. The summed E-state index contributed by atoms with van der Waals surface area (Å²) in [6, 6.07) is 18.5. The van der Waals surface area contributed by atoms with E-state index >= 15 is 0 Å². The Balaban J connectivity index is 1.95. The number of aromatic nitrogens is 2. The van der Waals surface area contributed by atoms with Crippen molar-refractivity contribution < 1.29 is 12.8 Å². The van der Waals surface area contributed by atoms with Crippen LogP contribution < -0.4 is 5.56 Å². The fourth-order valence-electron chi connectivity index (χ4n) is 3.22. The Hall–Kier alpha value is -3.29. The average Bonchev–Trinajstić information content (AvgIpc) is 2.75. The molecule has 1 aromatic heterocycles. The molecule has 0 radical (unpaired) electrons. The third-order valence-electron chi connectivity index (χ3n) is 4.78. The van der Waals surface area contributed by atoms with Crippen LogP contribution in [0.2, 0.25) is 5.02 Å². The lowest BCUT2D eigenvalue weighted by atomic mass is 9.97. The van der Waals surface area contributed by atoms with Gasteiger partial charge in [-0.05, 0) is 59.7 Å². The van der Waals surface area contributed by atoms with Crippen molar-refractivity contribution in [3.63, 3.8) is 0 Å². The van der Waals surface area contributed by atoms with Gasteiger partial charge >= 0.3 is 0 Å². The number of rotatable bonds is 4. The van der Waals surface area contributed by atoms with Crippen molar-refractivity contribution in [1.29, 1.82) is 0 Å². The molecule has 31 heavy (non-hydrogen) atoms. The van der Waals surface area contributed by atoms with Gasteiger partial charge in [-0.15, -0.1) is 0 Å². The van der Waals surface area contributed by atoms with E-state index < -0.39 is 21.2 Å². The van der Waals surface area contributed by atoms with Crippen molar-refractivity contribution in [3.05, 3.63) is 100 Å². The number of hydrogen-bond donors (Lipinski definition) is 0. The van der Waals surface area contributed by atoms with E-state index in [-0.39, 0.29) is 4.90 Å². The molecule has 0 aliphatic rings. The van der Waals surface area contributed by atoms with Gasteiger partial charge in [0.2, 0.25) is 0 Å². The van der Waals surface area contributed by atoms with Gasteiger partial charge in [0.25, 0.3) is 5.56 Å². The molecule has 0 spiro atoms. The lowest BCUT2D eigenvalue weighted by Gasteiger charge is -2.13. The standard InChI is InChI=1S/C23H16ClFN2O3S/c1-31(29,30)20-12-4-15(5-13-20)21-14-26-27(19-10-8-18(25)9-11-19)23(28)22(21)16-2-6-17(24)7-3-16/h2-14H,1H3. The van der Waals surface area contributed by atoms with Gasteiger partial charge in [0.05, 0.1) is 22.3 Å². The Bertz CT molecular complexity index is 1410. The molecule has 8 heteroatoms. The van der Waals surface area contributed by atoms with Crippen molar-refractivity contribution in [2.24, 2.45) is 0 Å². The Morgan fingerprint density at radius 1 is 0.871 bits per heavy atom. The number of nitrogens with zero attached hydrogens (tertiary/aromatic N) is 2. The van der Waals surface area contributed by atoms with Crippen LogP contribution in [0.4, 0.5) is 4.39 Å². The summed E-state index contributed by atoms with van der Waals surface area (Å²) >= 11 is 6.01. The maximum absolute atomic E-state index is 13.4. The molecule has 4 rings (SSSR count). The Morgan fingerprint density at radius 3 is 2.03 bits per heavy atom. The van der Waals surface area contributed by atoms with Crippen molar-refractivity contribution in [2.45, 2.75) is 4.90 Å². The minimum atomic E-state index is -3.35. The number of sulfone groups is 1. The van der Waals surface area contributed by atoms with Gasteiger partial charge in [-0.25, -0.2) is 12.8 Å². The molecule has 156 valence electrons. The van der Waals surface area contributed by atoms with Crippen LogP contribution in [0.3, 0.4) is 0 Å². The number of benzene rings is 3. The van der Waals surface area contributed by atoms with E-state index in [0.29, 0.717) is 33.0 Å². The first-order chi connectivity index (χ1) is 14.7. The van der Waals surface area contributed by atoms with Crippen LogP contribution in [0.15, 0.2) is 88.7 Å². The maximum Gasteiger partial charge on any atom is 0.279 e. The quantitative estimate of drug-likeness (QED) is 0.445. The summed E-state index contributed by atoms with van der Waals surface area (Å²) in [6.45, 7) is 0. The largest absolute Gasteiger partial charge is 0.279 e. The van der Waals surface area contributed by atoms with Crippen molar-refractivity contribution in [3.8, 4) is 27.9 Å². The van der Waals surface area contributed by atoms with Crippen molar-refractivity contribution in [1.82, 2.24) is 9.78 Å². The summed E-state index contributed by atoms with van der Waals surface area (Å²) in [6.07, 6.45) is 2.66. The summed E-state index contributed by atoms with van der Waals surface area (Å²) in [5, 5.41) is 4.79. The summed E-state index contributed by atoms with van der Waals surface area (Å²) < 4.78 is 38.1. The molecule has 0 atom stereocenters. The zero-order chi connectivity index (χ0) is 22.2. The highest BCUT2D eigenvalue weighted by atomic mass is 35.5. The molecule has 3 aromatic carbocycles. The molecular formula is C23H16ClFN2O3S. The molecule has 0 N–H and O–H groups in total. The normalized spacial score (nSPS) is 11.5. The summed E-state index contributed by atoms with van der Waals surface area (Å²) in [4.78, 5) is 13.6. The Kier molecular flexibility index (Phi) is 5.47. The lowest BCUT2D eigenvalue weighted by Crippen LogP contribution is -2.23. The summed E-state index contributed by atoms with van der Waals surface area (Å²) in [5.41, 5.74) is 2.16. The van der Waals surface area contributed by atoms with Gasteiger partial charge in [0.15, 0.2) is 9.84 Å². The molecule has 0 amide bonds. The van der Waals surface area contributed by atoms with Crippen LogP contribution in [-0.4, -0.2) is 24.5 Å². The smallest absolute Gasteiger partial charge is 0.267 e. The zero-order valence-electron chi connectivity index (χ0n) is 16.3. The third kappa shape index (κ3) is 4.28. The number of hydrogen-bond acceptors (Lipinski definition) is 4. The zero-order valence-corrected chi connectivity index (χ0v) is 17.9. The average molecular weight is 455 g/mol. The van der Waals surface area contributed by atoms with Crippen LogP contribution in [0, 0.1) is 5.82 Å². The molecular weight excluding hydrogens is 439 g/mol. The Morgan fingerprint density at radius 2 is 1.45 bits per heavy atom. The van der Waals surface area contributed by atoms with Gasteiger partial charge in [-0.3, -0.25) is 4.79 Å². The molecule has 0 fully saturated rings. The minimum absolute atomic E-state index is 0.178. The van der Waals surface area contributed by atoms with Crippen LogP contribution in [-0.2, 0) is 9.84 Å². The van der Waals surface area contributed by atoms with Crippen molar-refractivity contribution >= 4 is 21.4 Å². The van der Waals surface area contributed by atoms with Gasteiger partial charge in [0.1, 0.15) is 5.82 Å². The maximum atomic E-state index is 13.4. The van der Waals surface area contributed by atoms with Gasteiger partial charge in [-0.1, -0.05) is 35.9 Å². The number of halogens is 2. The third-order valence-corrected chi connectivity index (χ3v) is 6.16. The van der Waals surface area contributed by atoms with Crippen LogP contribution >= 0.6 is 11.6 Å². The minimum Gasteiger partial charge on any atom is -0.267 e.